The maximum atomic E-state index is 12.4. The van der Waals surface area contributed by atoms with Crippen molar-refractivity contribution in [2.45, 2.75) is 40.0 Å². The van der Waals surface area contributed by atoms with E-state index in [1.54, 1.807) is 13.0 Å². The lowest BCUT2D eigenvalue weighted by Crippen LogP contribution is -2.14. The number of hydrogen-bond acceptors (Lipinski definition) is 2. The maximum Gasteiger partial charge on any atom is 0.255 e. The molecule has 2 N–H and O–H groups in total. The minimum Gasteiger partial charge on any atom is -0.326 e. The number of anilines is 2. The fourth-order valence-corrected chi connectivity index (χ4v) is 2.30. The van der Waals surface area contributed by atoms with Crippen molar-refractivity contribution >= 4 is 23.2 Å². The zero-order valence-corrected chi connectivity index (χ0v) is 14.6. The van der Waals surface area contributed by atoms with Crippen LogP contribution in [0.5, 0.6) is 0 Å². The van der Waals surface area contributed by atoms with Crippen LogP contribution in [0.4, 0.5) is 11.4 Å². The van der Waals surface area contributed by atoms with E-state index in [4.69, 9.17) is 0 Å². The quantitative estimate of drug-likeness (QED) is 0.836. The van der Waals surface area contributed by atoms with Gasteiger partial charge < -0.3 is 10.6 Å². The highest BCUT2D eigenvalue weighted by Crippen LogP contribution is 2.22. The largest absolute Gasteiger partial charge is 0.326 e. The summed E-state index contributed by atoms with van der Waals surface area (Å²) >= 11 is 0. The summed E-state index contributed by atoms with van der Waals surface area (Å²) in [4.78, 5) is 23.9. The number of benzene rings is 2. The van der Waals surface area contributed by atoms with E-state index in [0.717, 1.165) is 5.56 Å². The molecule has 0 aliphatic carbocycles. The summed E-state index contributed by atoms with van der Waals surface area (Å²) in [5.74, 6) is 0.219. The van der Waals surface area contributed by atoms with Crippen LogP contribution in [0, 0.1) is 6.92 Å². The smallest absolute Gasteiger partial charge is 0.255 e. The number of nitrogens with one attached hydrogen (secondary N) is 2. The lowest BCUT2D eigenvalue weighted by atomic mass is 10.0. The van der Waals surface area contributed by atoms with Crippen molar-refractivity contribution in [3.05, 3.63) is 59.2 Å². The molecular formula is C20H24N2O2. The Kier molecular flexibility index (Phi) is 5.74. The SMILES string of the molecule is CCC(=O)Nc1ccc(C)c(NC(=O)c2ccc(C(C)C)cc2)c1. The topological polar surface area (TPSA) is 58.2 Å². The first-order valence-electron chi connectivity index (χ1n) is 8.22. The van der Waals surface area contributed by atoms with Gasteiger partial charge in [-0.3, -0.25) is 9.59 Å². The van der Waals surface area contributed by atoms with E-state index in [2.05, 4.69) is 24.5 Å². The molecule has 0 saturated heterocycles. The van der Waals surface area contributed by atoms with Gasteiger partial charge in [0.1, 0.15) is 0 Å². The maximum absolute atomic E-state index is 12.4. The van der Waals surface area contributed by atoms with Crippen LogP contribution in [0.3, 0.4) is 0 Å². The molecule has 0 atom stereocenters. The normalized spacial score (nSPS) is 10.5. The van der Waals surface area contributed by atoms with Crippen molar-refractivity contribution in [2.24, 2.45) is 0 Å². The molecule has 0 aromatic heterocycles. The molecule has 24 heavy (non-hydrogen) atoms. The summed E-state index contributed by atoms with van der Waals surface area (Å²) < 4.78 is 0. The van der Waals surface area contributed by atoms with E-state index in [1.165, 1.54) is 5.56 Å². The third-order valence-electron chi connectivity index (χ3n) is 3.93. The summed E-state index contributed by atoms with van der Waals surface area (Å²) in [6.07, 6.45) is 0.414. The van der Waals surface area contributed by atoms with E-state index in [0.29, 0.717) is 29.3 Å². The molecule has 2 aromatic rings. The van der Waals surface area contributed by atoms with E-state index in [1.807, 2.05) is 43.3 Å². The van der Waals surface area contributed by atoms with E-state index < -0.39 is 0 Å². The molecule has 4 heteroatoms. The Morgan fingerprint density at radius 3 is 2.25 bits per heavy atom. The summed E-state index contributed by atoms with van der Waals surface area (Å²) in [5, 5.41) is 5.72. The predicted octanol–water partition coefficient (Wildman–Crippen LogP) is 4.72. The fraction of sp³-hybridized carbons (Fsp3) is 0.300. The van der Waals surface area contributed by atoms with Crippen LogP contribution in [-0.2, 0) is 4.79 Å². The molecule has 0 unspecified atom stereocenters. The minimum atomic E-state index is -0.160. The summed E-state index contributed by atoms with van der Waals surface area (Å²) in [7, 11) is 0. The van der Waals surface area contributed by atoms with Crippen LogP contribution in [0.2, 0.25) is 0 Å². The van der Waals surface area contributed by atoms with Gasteiger partial charge in [-0.15, -0.1) is 0 Å². The Morgan fingerprint density at radius 2 is 1.67 bits per heavy atom. The first kappa shape index (κ1) is 17.7. The highest BCUT2D eigenvalue weighted by Gasteiger charge is 2.10. The van der Waals surface area contributed by atoms with Crippen LogP contribution >= 0.6 is 0 Å². The molecule has 0 aliphatic rings. The van der Waals surface area contributed by atoms with Crippen molar-refractivity contribution in [1.82, 2.24) is 0 Å². The van der Waals surface area contributed by atoms with Gasteiger partial charge in [0.25, 0.3) is 5.91 Å². The molecule has 126 valence electrons. The Morgan fingerprint density at radius 1 is 1.00 bits per heavy atom. The number of amides is 2. The molecule has 0 fully saturated rings. The average Bonchev–Trinajstić information content (AvgIpc) is 2.57. The second-order valence-corrected chi connectivity index (χ2v) is 6.16. The number of hydrogen-bond donors (Lipinski definition) is 2. The van der Waals surface area contributed by atoms with Crippen molar-refractivity contribution in [3.63, 3.8) is 0 Å². The van der Waals surface area contributed by atoms with E-state index in [-0.39, 0.29) is 11.8 Å². The standard InChI is InChI=1S/C20H24N2O2/c1-5-19(23)21-17-11-6-14(4)18(12-17)22-20(24)16-9-7-15(8-10-16)13(2)3/h6-13H,5H2,1-4H3,(H,21,23)(H,22,24). The van der Waals surface area contributed by atoms with Gasteiger partial charge >= 0.3 is 0 Å². The number of carbonyl (C=O) groups excluding carboxylic acids is 2. The lowest BCUT2D eigenvalue weighted by Gasteiger charge is -2.12. The number of rotatable bonds is 5. The predicted molar refractivity (Wildman–Crippen MR) is 98.6 cm³/mol. The molecule has 2 amide bonds. The molecule has 0 heterocycles. The Hall–Kier alpha value is -2.62. The monoisotopic (exact) mass is 324 g/mol. The Bertz CT molecular complexity index is 734. The van der Waals surface area contributed by atoms with Crippen molar-refractivity contribution in [3.8, 4) is 0 Å². The molecule has 2 aromatic carbocycles. The number of carbonyl (C=O) groups is 2. The molecule has 0 aliphatic heterocycles. The van der Waals surface area contributed by atoms with E-state index in [9.17, 15) is 9.59 Å². The van der Waals surface area contributed by atoms with Gasteiger partial charge in [-0.1, -0.05) is 39.0 Å². The van der Waals surface area contributed by atoms with E-state index >= 15 is 0 Å². The lowest BCUT2D eigenvalue weighted by molar-refractivity contribution is -0.115. The zero-order chi connectivity index (χ0) is 17.7. The molecule has 0 saturated carbocycles. The first-order valence-corrected chi connectivity index (χ1v) is 8.22. The minimum absolute atomic E-state index is 0.0552. The Balaban J connectivity index is 2.15. The molecule has 4 nitrogen and oxygen atoms in total. The van der Waals surface area contributed by atoms with Crippen LogP contribution in [0.25, 0.3) is 0 Å². The molecule has 2 rings (SSSR count). The highest BCUT2D eigenvalue weighted by atomic mass is 16.2. The molecule has 0 spiro atoms. The Labute approximate surface area is 143 Å². The second kappa shape index (κ2) is 7.77. The van der Waals surface area contributed by atoms with Gasteiger partial charge in [0.15, 0.2) is 0 Å². The summed E-state index contributed by atoms with van der Waals surface area (Å²) in [5.41, 5.74) is 4.13. The van der Waals surface area contributed by atoms with Crippen LogP contribution in [0.1, 0.15) is 54.6 Å². The van der Waals surface area contributed by atoms with Gasteiger partial charge in [-0.2, -0.15) is 0 Å². The molecule has 0 radical (unpaired) electrons. The third-order valence-corrected chi connectivity index (χ3v) is 3.93. The average molecular weight is 324 g/mol. The van der Waals surface area contributed by atoms with Crippen LogP contribution in [0.15, 0.2) is 42.5 Å². The number of aryl methyl sites for hydroxylation is 1. The first-order chi connectivity index (χ1) is 11.4. The van der Waals surface area contributed by atoms with Gasteiger partial charge in [-0.05, 0) is 48.2 Å². The van der Waals surface area contributed by atoms with Crippen LogP contribution in [-0.4, -0.2) is 11.8 Å². The fourth-order valence-electron chi connectivity index (χ4n) is 2.30. The molecular weight excluding hydrogens is 300 g/mol. The van der Waals surface area contributed by atoms with Gasteiger partial charge in [0.05, 0.1) is 0 Å². The van der Waals surface area contributed by atoms with Gasteiger partial charge in [0, 0.05) is 23.4 Å². The van der Waals surface area contributed by atoms with Gasteiger partial charge in [0.2, 0.25) is 5.91 Å². The summed E-state index contributed by atoms with van der Waals surface area (Å²) in [6.45, 7) is 7.96. The van der Waals surface area contributed by atoms with Crippen LogP contribution < -0.4 is 10.6 Å². The zero-order valence-electron chi connectivity index (χ0n) is 14.6. The van der Waals surface area contributed by atoms with Crippen molar-refractivity contribution in [1.29, 1.82) is 0 Å². The summed E-state index contributed by atoms with van der Waals surface area (Å²) in [6, 6.07) is 13.1. The second-order valence-electron chi connectivity index (χ2n) is 6.16. The third kappa shape index (κ3) is 4.44. The van der Waals surface area contributed by atoms with Gasteiger partial charge in [-0.25, -0.2) is 0 Å². The molecule has 0 bridgehead atoms. The highest BCUT2D eigenvalue weighted by molar-refractivity contribution is 6.05. The van der Waals surface area contributed by atoms with Crippen molar-refractivity contribution < 1.29 is 9.59 Å². The van der Waals surface area contributed by atoms with Crippen molar-refractivity contribution in [2.75, 3.05) is 10.6 Å².